The van der Waals surface area contributed by atoms with Crippen molar-refractivity contribution in [3.63, 3.8) is 0 Å². The second-order valence-corrected chi connectivity index (χ2v) is 6.01. The summed E-state index contributed by atoms with van der Waals surface area (Å²) in [5.74, 6) is 2.50. The fourth-order valence-corrected chi connectivity index (χ4v) is 0. The molecule has 15 heavy (non-hydrogen) atoms. The van der Waals surface area contributed by atoms with E-state index in [2.05, 4.69) is 62.3 Å². The zero-order valence-corrected chi connectivity index (χ0v) is 13.2. The van der Waals surface area contributed by atoms with E-state index in [4.69, 9.17) is 0 Å². The molecule has 0 saturated heterocycles. The monoisotopic (exact) mass is 216 g/mol. The molecule has 0 saturated carbocycles. The van der Waals surface area contributed by atoms with Gasteiger partial charge in [-0.15, -0.1) is 0 Å². The highest BCUT2D eigenvalue weighted by atomic mass is 14.2. The van der Waals surface area contributed by atoms with Gasteiger partial charge in [0.1, 0.15) is 0 Å². The minimum Gasteiger partial charge on any atom is -0.0683 e. The van der Waals surface area contributed by atoms with Gasteiger partial charge in [-0.1, -0.05) is 76.2 Å². The number of rotatable bonds is 1. The Hall–Kier alpha value is 0. The van der Waals surface area contributed by atoms with Crippen LogP contribution in [0, 0.1) is 23.2 Å². The molecule has 0 aliphatic rings. The van der Waals surface area contributed by atoms with Crippen LogP contribution in [0.5, 0.6) is 0 Å². The molecule has 0 fully saturated rings. The Morgan fingerprint density at radius 1 is 0.600 bits per heavy atom. The lowest BCUT2D eigenvalue weighted by molar-refractivity contribution is 0.283. The maximum Gasteiger partial charge on any atom is -0.0360 e. The summed E-state index contributed by atoms with van der Waals surface area (Å²) in [7, 11) is 0. The number of hydrogen-bond acceptors (Lipinski definition) is 0. The third-order valence-electron chi connectivity index (χ3n) is 3.07. The Balaban J connectivity index is -0.000000166. The molecule has 0 heterocycles. The highest BCUT2D eigenvalue weighted by Gasteiger charge is 2.13. The van der Waals surface area contributed by atoms with Crippen LogP contribution in [-0.4, -0.2) is 0 Å². The maximum absolute atomic E-state index is 2.26. The zero-order chi connectivity index (χ0) is 13.2. The smallest absolute Gasteiger partial charge is 0.0360 e. The maximum atomic E-state index is 2.26. The van der Waals surface area contributed by atoms with Crippen LogP contribution in [0.25, 0.3) is 0 Å². The van der Waals surface area contributed by atoms with Gasteiger partial charge in [0.05, 0.1) is 0 Å². The van der Waals surface area contributed by atoms with Crippen molar-refractivity contribution in [2.75, 3.05) is 0 Å². The van der Waals surface area contributed by atoms with E-state index in [1.165, 1.54) is 0 Å². The van der Waals surface area contributed by atoms with Crippen LogP contribution in [0.15, 0.2) is 0 Å². The van der Waals surface area contributed by atoms with E-state index in [1.54, 1.807) is 0 Å². The molecule has 0 aliphatic heterocycles. The molecular weight excluding hydrogens is 180 g/mol. The van der Waals surface area contributed by atoms with Crippen LogP contribution in [0.4, 0.5) is 0 Å². The summed E-state index contributed by atoms with van der Waals surface area (Å²) in [6.07, 6.45) is 0. The Morgan fingerprint density at radius 2 is 0.733 bits per heavy atom. The van der Waals surface area contributed by atoms with Gasteiger partial charge in [0.15, 0.2) is 0 Å². The first kappa shape index (κ1) is 20.4. The minimum absolute atomic E-state index is 0.500. The highest BCUT2D eigenvalue weighted by molar-refractivity contribution is 4.64. The Labute approximate surface area is 99.9 Å². The lowest BCUT2D eigenvalue weighted by Gasteiger charge is -2.22. The Morgan fingerprint density at radius 3 is 0.733 bits per heavy atom. The fraction of sp³-hybridized carbons (Fsp3) is 1.00. The van der Waals surface area contributed by atoms with E-state index >= 15 is 0 Å². The molecule has 0 amide bonds. The molecular formula is C15H36. The third kappa shape index (κ3) is 20.2. The first-order chi connectivity index (χ1) is 6.59. The van der Waals surface area contributed by atoms with Crippen LogP contribution in [0.1, 0.15) is 76.2 Å². The molecule has 0 spiro atoms. The quantitative estimate of drug-likeness (QED) is 0.503. The van der Waals surface area contributed by atoms with Gasteiger partial charge in [0.2, 0.25) is 0 Å². The zero-order valence-electron chi connectivity index (χ0n) is 13.2. The standard InChI is InChI=1S/C7H16.C6H14.C2H6/c1-6(2)7(3,4)5;1-5(2)6(3)4;1-2/h6H,1-5H3;5-6H,1-4H3;1-2H3. The molecule has 0 rings (SSSR count). The normalized spacial score (nSPS) is 10.8. The summed E-state index contributed by atoms with van der Waals surface area (Å²) in [5.41, 5.74) is 0.500. The van der Waals surface area contributed by atoms with Crippen molar-refractivity contribution in [2.24, 2.45) is 23.2 Å². The van der Waals surface area contributed by atoms with E-state index in [1.807, 2.05) is 13.8 Å². The van der Waals surface area contributed by atoms with E-state index in [0.29, 0.717) is 5.41 Å². The van der Waals surface area contributed by atoms with Crippen molar-refractivity contribution in [1.82, 2.24) is 0 Å². The van der Waals surface area contributed by atoms with Crippen molar-refractivity contribution < 1.29 is 0 Å². The summed E-state index contributed by atoms with van der Waals surface area (Å²) in [4.78, 5) is 0. The predicted octanol–water partition coefficient (Wildman–Crippen LogP) is 6.01. The molecule has 0 radical (unpaired) electrons. The van der Waals surface area contributed by atoms with Crippen molar-refractivity contribution in [3.05, 3.63) is 0 Å². The first-order valence-electron chi connectivity index (χ1n) is 6.59. The Kier molecular flexibility index (Phi) is 14.3. The lowest BCUT2D eigenvalue weighted by atomic mass is 9.84. The summed E-state index contributed by atoms with van der Waals surface area (Å²) in [6.45, 7) is 24.2. The van der Waals surface area contributed by atoms with Gasteiger partial charge in [-0.05, 0) is 23.2 Å². The SMILES string of the molecule is CC.CC(C)C(C)(C)C.CC(C)C(C)C. The largest absolute Gasteiger partial charge is 0.0683 e. The molecule has 0 aromatic rings. The molecule has 0 N–H and O–H groups in total. The summed E-state index contributed by atoms with van der Waals surface area (Å²) < 4.78 is 0. The van der Waals surface area contributed by atoms with Gasteiger partial charge in [0, 0.05) is 0 Å². The molecule has 0 atom stereocenters. The fourth-order valence-electron chi connectivity index (χ4n) is 0. The van der Waals surface area contributed by atoms with Crippen LogP contribution in [-0.2, 0) is 0 Å². The van der Waals surface area contributed by atoms with Crippen LogP contribution < -0.4 is 0 Å². The van der Waals surface area contributed by atoms with Gasteiger partial charge in [0.25, 0.3) is 0 Å². The average Bonchev–Trinajstić information content (AvgIpc) is 2.07. The predicted molar refractivity (Wildman–Crippen MR) is 75.3 cm³/mol. The van der Waals surface area contributed by atoms with Crippen molar-refractivity contribution in [3.8, 4) is 0 Å². The summed E-state index contributed by atoms with van der Waals surface area (Å²) in [5, 5.41) is 0. The molecule has 0 aromatic heterocycles. The lowest BCUT2D eigenvalue weighted by Crippen LogP contribution is -2.12. The second-order valence-electron chi connectivity index (χ2n) is 6.01. The molecule has 0 unspecified atom stereocenters. The third-order valence-corrected chi connectivity index (χ3v) is 3.07. The van der Waals surface area contributed by atoms with Crippen molar-refractivity contribution >= 4 is 0 Å². The minimum atomic E-state index is 0.500. The second kappa shape index (κ2) is 10.5. The molecule has 96 valence electrons. The first-order valence-corrected chi connectivity index (χ1v) is 6.59. The molecule has 0 aromatic carbocycles. The van der Waals surface area contributed by atoms with E-state index in [0.717, 1.165) is 17.8 Å². The van der Waals surface area contributed by atoms with Crippen LogP contribution in [0.3, 0.4) is 0 Å². The molecule has 0 aliphatic carbocycles. The van der Waals surface area contributed by atoms with E-state index < -0.39 is 0 Å². The van der Waals surface area contributed by atoms with Gasteiger partial charge in [-0.2, -0.15) is 0 Å². The summed E-state index contributed by atoms with van der Waals surface area (Å²) in [6, 6.07) is 0. The van der Waals surface area contributed by atoms with Gasteiger partial charge in [-0.3, -0.25) is 0 Å². The topological polar surface area (TPSA) is 0 Å². The van der Waals surface area contributed by atoms with Gasteiger partial charge >= 0.3 is 0 Å². The average molecular weight is 216 g/mol. The van der Waals surface area contributed by atoms with E-state index in [-0.39, 0.29) is 0 Å². The van der Waals surface area contributed by atoms with Crippen molar-refractivity contribution in [2.45, 2.75) is 76.2 Å². The Bertz CT molecular complexity index is 95.7. The van der Waals surface area contributed by atoms with Crippen LogP contribution >= 0.6 is 0 Å². The molecule has 0 nitrogen and oxygen atoms in total. The molecule has 0 bridgehead atoms. The number of hydrogen-bond donors (Lipinski definition) is 0. The van der Waals surface area contributed by atoms with E-state index in [9.17, 15) is 0 Å². The van der Waals surface area contributed by atoms with Crippen molar-refractivity contribution in [1.29, 1.82) is 0 Å². The van der Waals surface area contributed by atoms with Gasteiger partial charge < -0.3 is 0 Å². The highest BCUT2D eigenvalue weighted by Crippen LogP contribution is 2.23. The molecule has 0 heteroatoms. The van der Waals surface area contributed by atoms with Gasteiger partial charge in [-0.25, -0.2) is 0 Å². The van der Waals surface area contributed by atoms with Crippen LogP contribution in [0.2, 0.25) is 0 Å². The summed E-state index contributed by atoms with van der Waals surface area (Å²) >= 11 is 0.